The van der Waals surface area contributed by atoms with Gasteiger partial charge in [0.05, 0.1) is 43.6 Å². The topological polar surface area (TPSA) is 103 Å². The van der Waals surface area contributed by atoms with Gasteiger partial charge in [-0.15, -0.1) is 5.10 Å². The number of rotatable bonds is 9. The van der Waals surface area contributed by atoms with Crippen LogP contribution in [0.2, 0.25) is 0 Å². The maximum Gasteiger partial charge on any atom is 0.416 e. The van der Waals surface area contributed by atoms with Crippen LogP contribution in [-0.2, 0) is 12.7 Å². The van der Waals surface area contributed by atoms with Gasteiger partial charge in [-0.25, -0.2) is 4.68 Å². The normalized spacial score (nSPS) is 11.8. The highest BCUT2D eigenvalue weighted by molar-refractivity contribution is 6.05. The van der Waals surface area contributed by atoms with E-state index in [1.165, 1.54) is 18.9 Å². The summed E-state index contributed by atoms with van der Waals surface area (Å²) >= 11 is 0. The fraction of sp³-hybridized carbons (Fsp3) is 0.333. The third-order valence-corrected chi connectivity index (χ3v) is 6.37. The smallest absolute Gasteiger partial charge is 0.416 e. The molecule has 0 saturated carbocycles. The number of halogens is 3. The van der Waals surface area contributed by atoms with E-state index in [4.69, 9.17) is 9.47 Å². The zero-order valence-corrected chi connectivity index (χ0v) is 24.3. The maximum absolute atomic E-state index is 13.8. The van der Waals surface area contributed by atoms with Crippen LogP contribution in [0.1, 0.15) is 47.8 Å². The highest BCUT2D eigenvalue weighted by Gasteiger charge is 2.33. The van der Waals surface area contributed by atoms with Crippen molar-refractivity contribution >= 4 is 11.6 Å². The average molecular weight is 583 g/mol. The lowest BCUT2D eigenvalue weighted by Gasteiger charge is -2.21. The molecule has 2 aromatic carbocycles. The molecule has 0 aliphatic heterocycles. The first-order valence-electron chi connectivity index (χ1n) is 13.1. The summed E-state index contributed by atoms with van der Waals surface area (Å²) in [4.78, 5) is 17.5. The van der Waals surface area contributed by atoms with Gasteiger partial charge in [0.15, 0.2) is 0 Å². The van der Waals surface area contributed by atoms with Crippen molar-refractivity contribution in [2.45, 2.75) is 40.4 Å². The van der Waals surface area contributed by atoms with Crippen LogP contribution in [0.15, 0.2) is 55.0 Å². The molecule has 4 rings (SSSR count). The second-order valence-corrected chi connectivity index (χ2v) is 11.0. The molecule has 0 atom stereocenters. The van der Waals surface area contributed by atoms with E-state index in [1.54, 1.807) is 42.9 Å². The van der Waals surface area contributed by atoms with Crippen molar-refractivity contribution in [1.82, 2.24) is 25.3 Å². The van der Waals surface area contributed by atoms with Gasteiger partial charge in [-0.05, 0) is 48.2 Å². The molecule has 12 heteroatoms. The van der Waals surface area contributed by atoms with Crippen LogP contribution >= 0.6 is 0 Å². The van der Waals surface area contributed by atoms with Crippen molar-refractivity contribution < 1.29 is 27.4 Å². The van der Waals surface area contributed by atoms with Crippen molar-refractivity contribution in [1.29, 1.82) is 0 Å². The lowest BCUT2D eigenvalue weighted by Crippen LogP contribution is -2.27. The third-order valence-electron chi connectivity index (χ3n) is 6.37. The molecule has 0 fully saturated rings. The molecule has 0 aliphatic carbocycles. The summed E-state index contributed by atoms with van der Waals surface area (Å²) in [6, 6.07) is 8.60. The van der Waals surface area contributed by atoms with Gasteiger partial charge < -0.3 is 20.1 Å². The summed E-state index contributed by atoms with van der Waals surface area (Å²) in [6.45, 7) is 8.58. The van der Waals surface area contributed by atoms with E-state index in [1.807, 2.05) is 27.7 Å². The fourth-order valence-corrected chi connectivity index (χ4v) is 4.27. The zero-order valence-electron chi connectivity index (χ0n) is 24.3. The van der Waals surface area contributed by atoms with Gasteiger partial charge in [0.1, 0.15) is 17.2 Å². The van der Waals surface area contributed by atoms with Crippen LogP contribution in [0.5, 0.6) is 11.5 Å². The molecule has 0 unspecified atom stereocenters. The van der Waals surface area contributed by atoms with E-state index in [2.05, 4.69) is 25.9 Å². The summed E-state index contributed by atoms with van der Waals surface area (Å²) in [5.41, 5.74) is 2.04. The quantitative estimate of drug-likeness (QED) is 0.247. The third kappa shape index (κ3) is 7.24. The number of aromatic nitrogens is 4. The summed E-state index contributed by atoms with van der Waals surface area (Å²) in [6.07, 6.45) is 0.270. The SMILES string of the molecule is COc1cncc(-c2cn(-c3cc(C(=O)Nc4cc(C(F)(F)F)cc(CNCC(C)(C)C)c4OC)ccc3C)nn2)c1. The number of alkyl halides is 3. The van der Waals surface area contributed by atoms with Gasteiger partial charge in [-0.2, -0.15) is 13.2 Å². The minimum atomic E-state index is -4.62. The number of hydrogen-bond acceptors (Lipinski definition) is 7. The van der Waals surface area contributed by atoms with E-state index in [0.717, 1.165) is 17.7 Å². The second kappa shape index (κ2) is 12.2. The Morgan fingerprint density at radius 1 is 1.02 bits per heavy atom. The molecule has 0 radical (unpaired) electrons. The standard InChI is InChI=1S/C30H33F3N6O3/c1-18-7-8-19(11-26(18)39-16-25(37-38-39)20-10-23(41-5)15-34-13-20)28(40)36-24-12-22(30(31,32)33)9-21(27(24)42-6)14-35-17-29(2,3)4/h7-13,15-16,35H,14,17H2,1-6H3,(H,36,40). The summed E-state index contributed by atoms with van der Waals surface area (Å²) in [5.74, 6) is 0.104. The van der Waals surface area contributed by atoms with Crippen LogP contribution in [0.4, 0.5) is 18.9 Å². The molecule has 9 nitrogen and oxygen atoms in total. The first-order chi connectivity index (χ1) is 19.8. The number of benzene rings is 2. The number of anilines is 1. The predicted molar refractivity (Wildman–Crippen MR) is 153 cm³/mol. The van der Waals surface area contributed by atoms with Crippen LogP contribution in [0.25, 0.3) is 16.9 Å². The van der Waals surface area contributed by atoms with Crippen LogP contribution < -0.4 is 20.1 Å². The van der Waals surface area contributed by atoms with Gasteiger partial charge in [0.25, 0.3) is 5.91 Å². The molecular weight excluding hydrogens is 549 g/mol. The molecule has 0 spiro atoms. The molecule has 2 heterocycles. The van der Waals surface area contributed by atoms with E-state index in [9.17, 15) is 18.0 Å². The highest BCUT2D eigenvalue weighted by atomic mass is 19.4. The molecular formula is C30H33F3N6O3. The summed E-state index contributed by atoms with van der Waals surface area (Å²) < 4.78 is 53.6. The average Bonchev–Trinajstić information content (AvgIpc) is 3.42. The number of nitrogens with one attached hydrogen (secondary N) is 2. The van der Waals surface area contributed by atoms with E-state index >= 15 is 0 Å². The van der Waals surface area contributed by atoms with E-state index < -0.39 is 17.6 Å². The molecule has 0 aliphatic rings. The Labute approximate surface area is 242 Å². The number of amides is 1. The van der Waals surface area contributed by atoms with Gasteiger partial charge in [0.2, 0.25) is 0 Å². The molecule has 1 amide bonds. The number of methoxy groups -OCH3 is 2. The lowest BCUT2D eigenvalue weighted by atomic mass is 9.97. The second-order valence-electron chi connectivity index (χ2n) is 11.0. The van der Waals surface area contributed by atoms with Crippen LogP contribution in [-0.4, -0.2) is 46.6 Å². The van der Waals surface area contributed by atoms with Crippen molar-refractivity contribution in [3.05, 3.63) is 77.2 Å². The van der Waals surface area contributed by atoms with Crippen LogP contribution in [0, 0.1) is 12.3 Å². The Morgan fingerprint density at radius 3 is 2.45 bits per heavy atom. The lowest BCUT2D eigenvalue weighted by molar-refractivity contribution is -0.137. The molecule has 2 N–H and O–H groups in total. The summed E-state index contributed by atoms with van der Waals surface area (Å²) in [5, 5.41) is 14.2. The molecule has 42 heavy (non-hydrogen) atoms. The largest absolute Gasteiger partial charge is 0.495 e. The van der Waals surface area contributed by atoms with Crippen molar-refractivity contribution in [3.63, 3.8) is 0 Å². The number of carbonyl (C=O) groups excluding carboxylic acids is 1. The number of aryl methyl sites for hydroxylation is 1. The molecule has 2 aromatic heterocycles. The molecule has 0 bridgehead atoms. The molecule has 222 valence electrons. The van der Waals surface area contributed by atoms with E-state index in [0.29, 0.717) is 29.2 Å². The van der Waals surface area contributed by atoms with E-state index in [-0.39, 0.29) is 34.5 Å². The number of hydrogen-bond donors (Lipinski definition) is 2. The van der Waals surface area contributed by atoms with Crippen LogP contribution in [0.3, 0.4) is 0 Å². The fourth-order valence-electron chi connectivity index (χ4n) is 4.27. The van der Waals surface area contributed by atoms with Gasteiger partial charge >= 0.3 is 6.18 Å². The first-order valence-corrected chi connectivity index (χ1v) is 13.1. The number of pyridine rings is 1. The minimum Gasteiger partial charge on any atom is -0.495 e. The Balaban J connectivity index is 1.64. The molecule has 0 saturated heterocycles. The zero-order chi connectivity index (χ0) is 30.7. The predicted octanol–water partition coefficient (Wildman–Crippen LogP) is 6.06. The molecule has 4 aromatic rings. The van der Waals surface area contributed by atoms with Crippen molar-refractivity contribution in [2.75, 3.05) is 26.1 Å². The maximum atomic E-state index is 13.8. The Hall–Kier alpha value is -4.45. The van der Waals surface area contributed by atoms with Gasteiger partial charge in [-0.1, -0.05) is 32.1 Å². The number of carbonyl (C=O) groups is 1. The Bertz CT molecular complexity index is 1580. The first kappa shape index (κ1) is 30.5. The Kier molecular flexibility index (Phi) is 8.86. The van der Waals surface area contributed by atoms with Gasteiger partial charge in [-0.3, -0.25) is 9.78 Å². The van der Waals surface area contributed by atoms with Gasteiger partial charge in [0, 0.05) is 36.0 Å². The van der Waals surface area contributed by atoms with Crippen molar-refractivity contribution in [2.24, 2.45) is 5.41 Å². The Morgan fingerprint density at radius 2 is 1.79 bits per heavy atom. The monoisotopic (exact) mass is 582 g/mol. The number of ether oxygens (including phenoxy) is 2. The number of nitrogens with zero attached hydrogens (tertiary/aromatic N) is 4. The summed E-state index contributed by atoms with van der Waals surface area (Å²) in [7, 11) is 2.90. The minimum absolute atomic E-state index is 0.0786. The van der Waals surface area contributed by atoms with Crippen molar-refractivity contribution in [3.8, 4) is 28.4 Å². The highest BCUT2D eigenvalue weighted by Crippen LogP contribution is 2.38.